The molecule has 4 nitrogen and oxygen atoms in total. The Hall–Kier alpha value is -1.82. The van der Waals surface area contributed by atoms with Crippen molar-refractivity contribution in [1.82, 2.24) is 4.57 Å². The van der Waals surface area contributed by atoms with Gasteiger partial charge in [-0.2, -0.15) is 0 Å². The molecule has 1 fully saturated rings. The van der Waals surface area contributed by atoms with E-state index in [1.807, 2.05) is 10.8 Å². The first-order valence-corrected chi connectivity index (χ1v) is 7.07. The molecule has 0 spiro atoms. The Bertz CT molecular complexity index is 679. The lowest BCUT2D eigenvalue weighted by atomic mass is 10.2. The van der Waals surface area contributed by atoms with E-state index in [1.165, 1.54) is 18.2 Å². The summed E-state index contributed by atoms with van der Waals surface area (Å²) >= 11 is 3.38. The Morgan fingerprint density at radius 3 is 2.80 bits per heavy atom. The number of nitrogens with two attached hydrogens (primary N) is 1. The van der Waals surface area contributed by atoms with Gasteiger partial charge in [-0.05, 0) is 53.0 Å². The van der Waals surface area contributed by atoms with Crippen LogP contribution in [0.5, 0.6) is 0 Å². The van der Waals surface area contributed by atoms with Crippen LogP contribution < -0.4 is 11.1 Å². The van der Waals surface area contributed by atoms with Crippen LogP contribution in [0.3, 0.4) is 0 Å². The Morgan fingerprint density at radius 1 is 1.40 bits per heavy atom. The summed E-state index contributed by atoms with van der Waals surface area (Å²) in [4.78, 5) is 12.3. The number of amides is 1. The van der Waals surface area contributed by atoms with E-state index in [9.17, 15) is 9.18 Å². The highest BCUT2D eigenvalue weighted by atomic mass is 79.9. The van der Waals surface area contributed by atoms with E-state index >= 15 is 0 Å². The topological polar surface area (TPSA) is 60.0 Å². The molecule has 1 aromatic carbocycles. The maximum Gasteiger partial charge on any atom is 0.272 e. The highest BCUT2D eigenvalue weighted by molar-refractivity contribution is 9.10. The van der Waals surface area contributed by atoms with E-state index in [0.29, 0.717) is 17.4 Å². The van der Waals surface area contributed by atoms with Gasteiger partial charge in [0.1, 0.15) is 11.5 Å². The van der Waals surface area contributed by atoms with Crippen LogP contribution in [-0.2, 0) is 0 Å². The van der Waals surface area contributed by atoms with E-state index in [2.05, 4.69) is 21.2 Å². The number of aromatic nitrogens is 1. The van der Waals surface area contributed by atoms with Gasteiger partial charge < -0.3 is 15.6 Å². The minimum absolute atomic E-state index is 0.0153. The molecule has 3 rings (SSSR count). The van der Waals surface area contributed by atoms with Crippen molar-refractivity contribution >= 4 is 33.2 Å². The number of halogens is 2. The summed E-state index contributed by atoms with van der Waals surface area (Å²) in [5.41, 5.74) is 6.57. The van der Waals surface area contributed by atoms with Crippen LogP contribution in [0.4, 0.5) is 15.8 Å². The Labute approximate surface area is 123 Å². The average molecular weight is 338 g/mol. The average Bonchev–Trinajstić information content (AvgIpc) is 3.17. The number of hydrogen-bond donors (Lipinski definition) is 2. The van der Waals surface area contributed by atoms with E-state index in [4.69, 9.17) is 5.73 Å². The molecule has 0 bridgehead atoms. The van der Waals surface area contributed by atoms with E-state index in [1.54, 1.807) is 6.07 Å². The number of benzene rings is 1. The van der Waals surface area contributed by atoms with E-state index in [-0.39, 0.29) is 11.6 Å². The number of rotatable bonds is 3. The van der Waals surface area contributed by atoms with Crippen molar-refractivity contribution in [2.75, 3.05) is 11.1 Å². The van der Waals surface area contributed by atoms with Gasteiger partial charge in [-0.3, -0.25) is 4.79 Å². The summed E-state index contributed by atoms with van der Waals surface area (Å²) in [7, 11) is 0. The Morgan fingerprint density at radius 2 is 2.15 bits per heavy atom. The third-order valence-corrected chi connectivity index (χ3v) is 3.68. The fraction of sp³-hybridized carbons (Fsp3) is 0.214. The summed E-state index contributed by atoms with van der Waals surface area (Å²) in [6.45, 7) is 0. The lowest BCUT2D eigenvalue weighted by Gasteiger charge is -2.09. The third kappa shape index (κ3) is 2.56. The lowest BCUT2D eigenvalue weighted by Crippen LogP contribution is -2.16. The maximum atomic E-state index is 13.1. The normalized spacial score (nSPS) is 14.3. The standard InChI is InChI=1S/C14H13BrFN3O/c15-8-5-13(19(7-8)10-2-3-10)14(20)18-9-1-4-11(16)12(17)6-9/h1,4-7,10H,2-3,17H2,(H,18,20). The SMILES string of the molecule is Nc1cc(NC(=O)c2cc(Br)cn2C2CC2)ccc1F. The van der Waals surface area contributed by atoms with Crippen LogP contribution in [0.1, 0.15) is 29.4 Å². The zero-order valence-corrected chi connectivity index (χ0v) is 12.2. The lowest BCUT2D eigenvalue weighted by molar-refractivity contribution is 0.101. The largest absolute Gasteiger partial charge is 0.396 e. The molecule has 104 valence electrons. The van der Waals surface area contributed by atoms with Crippen LogP contribution in [0, 0.1) is 5.82 Å². The second-order valence-electron chi connectivity index (χ2n) is 4.87. The summed E-state index contributed by atoms with van der Waals surface area (Å²) in [6.07, 6.45) is 4.08. The molecule has 1 aromatic heterocycles. The minimum Gasteiger partial charge on any atom is -0.396 e. The summed E-state index contributed by atoms with van der Waals surface area (Å²) in [5.74, 6) is -0.722. The number of hydrogen-bond acceptors (Lipinski definition) is 2. The molecular weight excluding hydrogens is 325 g/mol. The zero-order chi connectivity index (χ0) is 14.3. The molecule has 6 heteroatoms. The monoisotopic (exact) mass is 337 g/mol. The Kier molecular flexibility index (Phi) is 3.25. The molecule has 3 N–H and O–H groups in total. The quantitative estimate of drug-likeness (QED) is 0.841. The van der Waals surface area contributed by atoms with Gasteiger partial charge in [0.15, 0.2) is 0 Å². The van der Waals surface area contributed by atoms with E-state index < -0.39 is 5.82 Å². The van der Waals surface area contributed by atoms with Crippen molar-refractivity contribution in [3.8, 4) is 0 Å². The second kappa shape index (κ2) is 4.94. The number of carbonyl (C=O) groups is 1. The molecule has 1 aliphatic carbocycles. The summed E-state index contributed by atoms with van der Waals surface area (Å²) < 4.78 is 15.9. The summed E-state index contributed by atoms with van der Waals surface area (Å²) in [6, 6.07) is 6.32. The number of nitrogens with zero attached hydrogens (tertiary/aromatic N) is 1. The van der Waals surface area contributed by atoms with Crippen LogP contribution >= 0.6 is 15.9 Å². The number of anilines is 2. The highest BCUT2D eigenvalue weighted by Crippen LogP contribution is 2.37. The van der Waals surface area contributed by atoms with E-state index in [0.717, 1.165) is 17.3 Å². The molecule has 0 unspecified atom stereocenters. The van der Waals surface area contributed by atoms with Crippen molar-refractivity contribution in [3.05, 3.63) is 46.4 Å². The molecule has 2 aromatic rings. The van der Waals surface area contributed by atoms with Gasteiger partial charge in [0.25, 0.3) is 5.91 Å². The highest BCUT2D eigenvalue weighted by Gasteiger charge is 2.27. The Balaban J connectivity index is 1.84. The fourth-order valence-corrected chi connectivity index (χ4v) is 2.54. The van der Waals surface area contributed by atoms with Crippen LogP contribution in [0.25, 0.3) is 0 Å². The number of nitrogens with one attached hydrogen (secondary N) is 1. The molecule has 1 saturated carbocycles. The zero-order valence-electron chi connectivity index (χ0n) is 10.6. The van der Waals surface area contributed by atoms with Gasteiger partial charge in [-0.25, -0.2) is 4.39 Å². The number of nitrogen functional groups attached to an aromatic ring is 1. The molecule has 0 saturated heterocycles. The molecule has 1 aliphatic rings. The first-order valence-electron chi connectivity index (χ1n) is 6.28. The fourth-order valence-electron chi connectivity index (χ4n) is 2.10. The first-order chi connectivity index (χ1) is 9.54. The van der Waals surface area contributed by atoms with Crippen LogP contribution in [0.2, 0.25) is 0 Å². The van der Waals surface area contributed by atoms with Gasteiger partial charge >= 0.3 is 0 Å². The van der Waals surface area contributed by atoms with Crippen molar-refractivity contribution in [2.24, 2.45) is 0 Å². The van der Waals surface area contributed by atoms with Gasteiger partial charge in [0.2, 0.25) is 0 Å². The maximum absolute atomic E-state index is 13.1. The molecule has 0 radical (unpaired) electrons. The predicted molar refractivity (Wildman–Crippen MR) is 79.2 cm³/mol. The van der Waals surface area contributed by atoms with Gasteiger partial charge in [-0.15, -0.1) is 0 Å². The third-order valence-electron chi connectivity index (χ3n) is 3.24. The smallest absolute Gasteiger partial charge is 0.272 e. The molecule has 1 amide bonds. The van der Waals surface area contributed by atoms with Gasteiger partial charge in [0, 0.05) is 22.4 Å². The molecular formula is C14H13BrFN3O. The van der Waals surface area contributed by atoms with Crippen molar-refractivity contribution in [2.45, 2.75) is 18.9 Å². The summed E-state index contributed by atoms with van der Waals surface area (Å²) in [5, 5.41) is 2.74. The van der Waals surface area contributed by atoms with Gasteiger partial charge in [-0.1, -0.05) is 0 Å². The van der Waals surface area contributed by atoms with Crippen LogP contribution in [-0.4, -0.2) is 10.5 Å². The predicted octanol–water partition coefficient (Wildman–Crippen LogP) is 3.56. The van der Waals surface area contributed by atoms with Crippen molar-refractivity contribution in [3.63, 3.8) is 0 Å². The molecule has 1 heterocycles. The van der Waals surface area contributed by atoms with Crippen LogP contribution in [0.15, 0.2) is 34.9 Å². The first kappa shape index (κ1) is 13.2. The minimum atomic E-state index is -0.493. The molecule has 0 aliphatic heterocycles. The molecule has 20 heavy (non-hydrogen) atoms. The number of carbonyl (C=O) groups excluding carboxylic acids is 1. The van der Waals surface area contributed by atoms with Crippen molar-refractivity contribution in [1.29, 1.82) is 0 Å². The molecule has 0 atom stereocenters. The second-order valence-corrected chi connectivity index (χ2v) is 5.79. The van der Waals surface area contributed by atoms with Crippen molar-refractivity contribution < 1.29 is 9.18 Å². The van der Waals surface area contributed by atoms with Gasteiger partial charge in [0.05, 0.1) is 5.69 Å².